The summed E-state index contributed by atoms with van der Waals surface area (Å²) >= 11 is 0. The lowest BCUT2D eigenvalue weighted by Crippen LogP contribution is -2.15. The third kappa shape index (κ3) is 1.28. The molecule has 1 heterocycles. The first-order valence-electron chi connectivity index (χ1n) is 2.27. The zero-order valence-corrected chi connectivity index (χ0v) is 4.79. The lowest BCUT2D eigenvalue weighted by Gasteiger charge is -1.92. The largest absolute Gasteiger partial charge is 0.341 e. The number of rotatable bonds is 1. The van der Waals surface area contributed by atoms with Crippen LogP contribution in [0.3, 0.4) is 0 Å². The van der Waals surface area contributed by atoms with E-state index in [9.17, 15) is 18.1 Å². The molecule has 60 valence electrons. The summed E-state index contributed by atoms with van der Waals surface area (Å²) in [4.78, 5) is 10.2. The number of halogens is 3. The summed E-state index contributed by atoms with van der Waals surface area (Å²) in [6.07, 6.45) is 0. The predicted molar refractivity (Wildman–Crippen MR) is 22.6 cm³/mol. The second-order valence-electron chi connectivity index (χ2n) is 1.43. The van der Waals surface area contributed by atoms with Crippen molar-refractivity contribution in [2.24, 2.45) is 0 Å². The fraction of sp³-hybridized carbons (Fsp3) is 0. The second kappa shape index (κ2) is 2.56. The van der Waals surface area contributed by atoms with Gasteiger partial charge in [0.25, 0.3) is 0 Å². The molecule has 0 aliphatic carbocycles. The maximum Gasteiger partial charge on any atom is 0.341 e. The molecule has 0 saturated carbocycles. The fourth-order valence-electron chi connectivity index (χ4n) is 0.387. The first-order chi connectivity index (χ1) is 5.13. The molecule has 0 unspecified atom stereocenters. The van der Waals surface area contributed by atoms with E-state index in [2.05, 4.69) is 14.9 Å². The van der Waals surface area contributed by atoms with Gasteiger partial charge in [-0.2, -0.15) is 4.39 Å². The van der Waals surface area contributed by atoms with Crippen molar-refractivity contribution < 1.29 is 22.7 Å². The van der Waals surface area contributed by atoms with Crippen molar-refractivity contribution >= 4 is 5.91 Å². The maximum absolute atomic E-state index is 12.1. The van der Waals surface area contributed by atoms with Crippen molar-refractivity contribution in [2.45, 2.75) is 0 Å². The van der Waals surface area contributed by atoms with Crippen LogP contribution in [-0.2, 0) is 0 Å². The van der Waals surface area contributed by atoms with Gasteiger partial charge in [0.05, 0.1) is 0 Å². The van der Waals surface area contributed by atoms with E-state index in [4.69, 9.17) is 0 Å². The molecular formula is C3F3N3O2. The Morgan fingerprint density at radius 2 is 2.18 bits per heavy atom. The molecule has 11 heavy (non-hydrogen) atoms. The molecule has 0 N–H and O–H groups in total. The number of hydrogen-bond acceptors (Lipinski definition) is 4. The summed E-state index contributed by atoms with van der Waals surface area (Å²) in [7, 11) is 0. The van der Waals surface area contributed by atoms with Crippen LogP contribution in [0.15, 0.2) is 4.52 Å². The van der Waals surface area contributed by atoms with Gasteiger partial charge in [-0.3, -0.25) is 4.79 Å². The zero-order chi connectivity index (χ0) is 8.43. The van der Waals surface area contributed by atoms with E-state index in [0.717, 1.165) is 0 Å². The fourth-order valence-corrected chi connectivity index (χ4v) is 0.387. The molecule has 5 nitrogen and oxygen atoms in total. The van der Waals surface area contributed by atoms with Crippen LogP contribution in [-0.4, -0.2) is 21.6 Å². The van der Waals surface area contributed by atoms with Crippen LogP contribution < -0.4 is 0 Å². The van der Waals surface area contributed by atoms with Crippen molar-refractivity contribution in [3.63, 3.8) is 0 Å². The number of amides is 1. The molecule has 0 bridgehead atoms. The number of carbonyl (C=O) groups is 1. The highest BCUT2D eigenvalue weighted by molar-refractivity contribution is 5.90. The van der Waals surface area contributed by atoms with Crippen LogP contribution in [0, 0.1) is 6.01 Å². The molecule has 0 aliphatic heterocycles. The van der Waals surface area contributed by atoms with E-state index in [1.807, 2.05) is 0 Å². The molecule has 0 spiro atoms. The SMILES string of the molecule is O=C(c1nnoc1F)N(F)F. The summed E-state index contributed by atoms with van der Waals surface area (Å²) in [5.74, 6) is -1.90. The normalized spacial score (nSPS) is 9.73. The summed E-state index contributed by atoms with van der Waals surface area (Å²) in [6, 6.07) is -1.53. The third-order valence-electron chi connectivity index (χ3n) is 0.804. The van der Waals surface area contributed by atoms with Crippen molar-refractivity contribution in [1.29, 1.82) is 0 Å². The molecule has 0 atom stereocenters. The number of aromatic nitrogens is 2. The zero-order valence-electron chi connectivity index (χ0n) is 4.79. The van der Waals surface area contributed by atoms with Gasteiger partial charge < -0.3 is 4.52 Å². The Balaban J connectivity index is 2.93. The van der Waals surface area contributed by atoms with E-state index in [1.54, 1.807) is 0 Å². The second-order valence-corrected chi connectivity index (χ2v) is 1.43. The van der Waals surface area contributed by atoms with Gasteiger partial charge in [0.1, 0.15) is 0 Å². The van der Waals surface area contributed by atoms with Gasteiger partial charge in [-0.25, -0.2) is 0 Å². The highest BCUT2D eigenvalue weighted by Gasteiger charge is 2.24. The van der Waals surface area contributed by atoms with Gasteiger partial charge in [-0.1, -0.05) is 8.96 Å². The van der Waals surface area contributed by atoms with E-state index in [-0.39, 0.29) is 0 Å². The monoisotopic (exact) mass is 167 g/mol. The molecule has 1 aromatic heterocycles. The smallest absolute Gasteiger partial charge is 0.305 e. The lowest BCUT2D eigenvalue weighted by molar-refractivity contribution is -0.109. The van der Waals surface area contributed by atoms with Crippen molar-refractivity contribution in [1.82, 2.24) is 15.7 Å². The van der Waals surface area contributed by atoms with Crippen LogP contribution in [0.5, 0.6) is 0 Å². The molecule has 1 amide bonds. The van der Waals surface area contributed by atoms with Gasteiger partial charge in [0.15, 0.2) is 0 Å². The summed E-state index contributed by atoms with van der Waals surface area (Å²) in [6.45, 7) is 0. The van der Waals surface area contributed by atoms with Crippen LogP contribution in [0.25, 0.3) is 0 Å². The summed E-state index contributed by atoms with van der Waals surface area (Å²) in [5, 5.41) is 3.40. The van der Waals surface area contributed by atoms with Crippen molar-refractivity contribution in [3.8, 4) is 0 Å². The molecule has 0 aromatic carbocycles. The first kappa shape index (κ1) is 7.51. The predicted octanol–water partition coefficient (Wildman–Crippen LogP) is 0.420. The number of carbonyl (C=O) groups excluding carboxylic acids is 1. The van der Waals surface area contributed by atoms with Crippen molar-refractivity contribution in [3.05, 3.63) is 11.7 Å². The Bertz CT molecular complexity index is 273. The minimum Gasteiger partial charge on any atom is -0.305 e. The van der Waals surface area contributed by atoms with Gasteiger partial charge in [0, 0.05) is 10.6 Å². The van der Waals surface area contributed by atoms with Crippen LogP contribution in [0.1, 0.15) is 10.5 Å². The maximum atomic E-state index is 12.1. The molecule has 0 radical (unpaired) electrons. The van der Waals surface area contributed by atoms with Crippen LogP contribution in [0.4, 0.5) is 13.4 Å². The van der Waals surface area contributed by atoms with Gasteiger partial charge >= 0.3 is 11.9 Å². The molecule has 1 aromatic rings. The van der Waals surface area contributed by atoms with Crippen molar-refractivity contribution in [2.75, 3.05) is 0 Å². The summed E-state index contributed by atoms with van der Waals surface area (Å²) in [5.41, 5.74) is -1.14. The number of hydrogen-bond donors (Lipinski definition) is 0. The highest BCUT2D eigenvalue weighted by atomic mass is 19.4. The quantitative estimate of drug-likeness (QED) is 0.568. The van der Waals surface area contributed by atoms with E-state index in [0.29, 0.717) is 0 Å². The van der Waals surface area contributed by atoms with Gasteiger partial charge in [-0.05, 0) is 0 Å². The Hall–Kier alpha value is -1.60. The minimum absolute atomic E-state index is 1.14. The van der Waals surface area contributed by atoms with Gasteiger partial charge in [0.2, 0.25) is 5.69 Å². The Morgan fingerprint density at radius 1 is 1.55 bits per heavy atom. The Morgan fingerprint density at radius 3 is 2.55 bits per heavy atom. The third-order valence-corrected chi connectivity index (χ3v) is 0.804. The summed E-state index contributed by atoms with van der Waals surface area (Å²) < 4.78 is 38.5. The highest BCUT2D eigenvalue weighted by Crippen LogP contribution is 2.06. The van der Waals surface area contributed by atoms with Gasteiger partial charge in [-0.15, -0.1) is 5.10 Å². The molecule has 0 aliphatic rings. The first-order valence-corrected chi connectivity index (χ1v) is 2.27. The number of nitrogens with zero attached hydrogens (tertiary/aromatic N) is 3. The standard InChI is InChI=1S/C3F3N3O2/c4-2-1(7-8-11-2)3(10)9(5)6. The Labute approximate surface area is 57.2 Å². The average Bonchev–Trinajstić information content (AvgIpc) is 2.33. The van der Waals surface area contributed by atoms with E-state index >= 15 is 0 Å². The van der Waals surface area contributed by atoms with Crippen LogP contribution in [0.2, 0.25) is 0 Å². The topological polar surface area (TPSA) is 59.2 Å². The average molecular weight is 167 g/mol. The molecular weight excluding hydrogens is 167 g/mol. The lowest BCUT2D eigenvalue weighted by atomic mass is 10.5. The minimum atomic E-state index is -1.90. The molecule has 0 fully saturated rings. The van der Waals surface area contributed by atoms with E-state index < -0.39 is 23.0 Å². The van der Waals surface area contributed by atoms with E-state index in [1.165, 1.54) is 0 Å². The Kier molecular flexibility index (Phi) is 1.75. The van der Waals surface area contributed by atoms with Crippen LogP contribution >= 0.6 is 0 Å². The molecule has 0 saturated heterocycles. The molecule has 1 rings (SSSR count). The molecule has 8 heteroatoms.